The molecule has 106 valence electrons. The van der Waals surface area contributed by atoms with Crippen molar-refractivity contribution in [2.45, 2.75) is 6.54 Å². The van der Waals surface area contributed by atoms with Crippen molar-refractivity contribution in [2.24, 2.45) is 0 Å². The molecule has 1 aliphatic heterocycles. The van der Waals surface area contributed by atoms with Crippen molar-refractivity contribution in [1.29, 1.82) is 0 Å². The van der Waals surface area contributed by atoms with E-state index in [1.54, 1.807) is 11.1 Å². The number of nitrogens with zero attached hydrogens (tertiary/aromatic N) is 3. The van der Waals surface area contributed by atoms with Crippen LogP contribution in [0.2, 0.25) is 0 Å². The molecule has 1 aliphatic rings. The number of hydrogen-bond donors (Lipinski definition) is 1. The Balaban J connectivity index is 1.80. The number of carbonyl (C=O) groups excluding carboxylic acids is 1. The van der Waals surface area contributed by atoms with Crippen LogP contribution in [0.5, 0.6) is 0 Å². The number of carbonyl (C=O) groups is 2. The second kappa shape index (κ2) is 6.81. The maximum atomic E-state index is 11.7. The summed E-state index contributed by atoms with van der Waals surface area (Å²) in [7, 11) is 0. The lowest BCUT2D eigenvalue weighted by atomic mass is 10.2. The maximum Gasteiger partial charge on any atom is 0.328 e. The minimum absolute atomic E-state index is 0.242. The Morgan fingerprint density at radius 3 is 2.60 bits per heavy atom. The van der Waals surface area contributed by atoms with Crippen LogP contribution in [-0.2, 0) is 16.1 Å². The van der Waals surface area contributed by atoms with Crippen LogP contribution in [0.15, 0.2) is 36.7 Å². The quantitative estimate of drug-likeness (QED) is 0.803. The average Bonchev–Trinajstić information content (AvgIpc) is 2.46. The summed E-state index contributed by atoms with van der Waals surface area (Å²) in [6.45, 7) is 3.61. The highest BCUT2D eigenvalue weighted by Gasteiger charge is 2.19. The lowest BCUT2D eigenvalue weighted by molar-refractivity contribution is -0.132. The molecule has 1 amide bonds. The van der Waals surface area contributed by atoms with E-state index in [-0.39, 0.29) is 5.91 Å². The van der Waals surface area contributed by atoms with Crippen molar-refractivity contribution in [2.75, 3.05) is 26.2 Å². The van der Waals surface area contributed by atoms with Crippen LogP contribution in [-0.4, -0.2) is 57.9 Å². The Kier molecular flexibility index (Phi) is 4.84. The third kappa shape index (κ3) is 4.17. The van der Waals surface area contributed by atoms with Gasteiger partial charge in [0.25, 0.3) is 0 Å². The molecule has 0 aliphatic carbocycles. The number of hydrogen-bond acceptors (Lipinski definition) is 4. The van der Waals surface area contributed by atoms with Gasteiger partial charge in [-0.3, -0.25) is 14.7 Å². The van der Waals surface area contributed by atoms with Gasteiger partial charge >= 0.3 is 5.97 Å². The van der Waals surface area contributed by atoms with Gasteiger partial charge in [-0.2, -0.15) is 0 Å². The van der Waals surface area contributed by atoms with Gasteiger partial charge in [0.05, 0.1) is 0 Å². The van der Waals surface area contributed by atoms with Crippen LogP contribution >= 0.6 is 0 Å². The van der Waals surface area contributed by atoms with E-state index in [0.29, 0.717) is 13.1 Å². The lowest BCUT2D eigenvalue weighted by Crippen LogP contribution is -2.47. The lowest BCUT2D eigenvalue weighted by Gasteiger charge is -2.34. The topological polar surface area (TPSA) is 73.7 Å². The van der Waals surface area contributed by atoms with Crippen molar-refractivity contribution in [1.82, 2.24) is 14.8 Å². The molecule has 1 fully saturated rings. The van der Waals surface area contributed by atoms with E-state index in [1.165, 1.54) is 0 Å². The molecule has 6 heteroatoms. The highest BCUT2D eigenvalue weighted by atomic mass is 16.4. The molecule has 6 nitrogen and oxygen atoms in total. The summed E-state index contributed by atoms with van der Waals surface area (Å²) < 4.78 is 0. The molecule has 0 radical (unpaired) electrons. The van der Waals surface area contributed by atoms with Gasteiger partial charge in [-0.15, -0.1) is 0 Å². The summed E-state index contributed by atoms with van der Waals surface area (Å²) >= 11 is 0. The average molecular weight is 275 g/mol. The second-order valence-corrected chi connectivity index (χ2v) is 4.63. The summed E-state index contributed by atoms with van der Waals surface area (Å²) in [5, 5.41) is 8.50. The van der Waals surface area contributed by atoms with E-state index in [0.717, 1.165) is 37.3 Å². The molecule has 0 bridgehead atoms. The second-order valence-electron chi connectivity index (χ2n) is 4.63. The zero-order chi connectivity index (χ0) is 14.4. The number of amides is 1. The zero-order valence-electron chi connectivity index (χ0n) is 11.1. The van der Waals surface area contributed by atoms with Gasteiger partial charge in [0.2, 0.25) is 5.91 Å². The first-order valence-electron chi connectivity index (χ1n) is 6.46. The molecular weight excluding hydrogens is 258 g/mol. The molecule has 0 spiro atoms. The Morgan fingerprint density at radius 1 is 1.25 bits per heavy atom. The number of carboxylic acid groups (broad SMARTS) is 1. The molecule has 0 unspecified atom stereocenters. The monoisotopic (exact) mass is 275 g/mol. The third-order valence-corrected chi connectivity index (χ3v) is 3.18. The van der Waals surface area contributed by atoms with Gasteiger partial charge < -0.3 is 10.0 Å². The molecule has 20 heavy (non-hydrogen) atoms. The minimum atomic E-state index is -1.10. The Bertz CT molecular complexity index is 494. The van der Waals surface area contributed by atoms with Crippen molar-refractivity contribution in [3.05, 3.63) is 42.2 Å². The van der Waals surface area contributed by atoms with Crippen molar-refractivity contribution < 1.29 is 14.7 Å². The summed E-state index contributed by atoms with van der Waals surface area (Å²) in [5.74, 6) is -1.35. The van der Waals surface area contributed by atoms with Crippen molar-refractivity contribution >= 4 is 11.9 Å². The van der Waals surface area contributed by atoms with Crippen molar-refractivity contribution in [3.63, 3.8) is 0 Å². The van der Waals surface area contributed by atoms with Crippen LogP contribution in [0.1, 0.15) is 5.56 Å². The van der Waals surface area contributed by atoms with E-state index in [2.05, 4.69) is 9.88 Å². The minimum Gasteiger partial charge on any atom is -0.478 e. The first-order valence-corrected chi connectivity index (χ1v) is 6.46. The molecule has 0 aromatic carbocycles. The fourth-order valence-corrected chi connectivity index (χ4v) is 2.12. The van der Waals surface area contributed by atoms with Crippen molar-refractivity contribution in [3.8, 4) is 0 Å². The summed E-state index contributed by atoms with van der Waals surface area (Å²) in [4.78, 5) is 30.1. The van der Waals surface area contributed by atoms with E-state index >= 15 is 0 Å². The van der Waals surface area contributed by atoms with Crippen LogP contribution in [0.3, 0.4) is 0 Å². The maximum absolute atomic E-state index is 11.7. The number of piperazine rings is 1. The molecule has 0 saturated carbocycles. The van der Waals surface area contributed by atoms with Gasteiger partial charge in [-0.1, -0.05) is 6.07 Å². The standard InChI is InChI=1S/C14H17N3O3/c18-13(3-4-14(19)20)17-8-6-16(7-9-17)11-12-2-1-5-15-10-12/h1-5,10H,6-9,11H2,(H,19,20)/b4-3+. The normalized spacial score (nSPS) is 16.5. The first-order chi connectivity index (χ1) is 9.65. The number of aliphatic carboxylic acids is 1. The van der Waals surface area contributed by atoms with Crippen LogP contribution in [0.4, 0.5) is 0 Å². The van der Waals surface area contributed by atoms with Crippen LogP contribution in [0, 0.1) is 0 Å². The predicted molar refractivity (Wildman–Crippen MR) is 72.9 cm³/mol. The fraction of sp³-hybridized carbons (Fsp3) is 0.357. The smallest absolute Gasteiger partial charge is 0.328 e. The predicted octanol–water partition coefficient (Wildman–Crippen LogP) is 0.367. The third-order valence-electron chi connectivity index (χ3n) is 3.18. The van der Waals surface area contributed by atoms with E-state index in [4.69, 9.17) is 5.11 Å². The highest BCUT2D eigenvalue weighted by Crippen LogP contribution is 2.07. The largest absolute Gasteiger partial charge is 0.478 e. The Morgan fingerprint density at radius 2 is 2.00 bits per heavy atom. The number of aromatic nitrogens is 1. The molecular formula is C14H17N3O3. The van der Waals surface area contributed by atoms with E-state index in [9.17, 15) is 9.59 Å². The van der Waals surface area contributed by atoms with E-state index < -0.39 is 5.97 Å². The molecule has 2 heterocycles. The molecule has 1 aromatic heterocycles. The first kappa shape index (κ1) is 14.2. The highest BCUT2D eigenvalue weighted by molar-refractivity contribution is 5.93. The van der Waals surface area contributed by atoms with Gasteiger partial charge in [-0.25, -0.2) is 4.79 Å². The summed E-state index contributed by atoms with van der Waals surface area (Å²) in [6, 6.07) is 3.94. The molecule has 2 rings (SSSR count). The SMILES string of the molecule is O=C(O)/C=C/C(=O)N1CCN(Cc2cccnc2)CC1. The Hall–Kier alpha value is -2.21. The molecule has 1 saturated heterocycles. The van der Waals surface area contributed by atoms with E-state index in [1.807, 2.05) is 18.3 Å². The zero-order valence-corrected chi connectivity index (χ0v) is 11.1. The molecule has 1 aromatic rings. The Labute approximate surface area is 117 Å². The number of pyridine rings is 1. The van der Waals surface area contributed by atoms with Gasteiger partial charge in [0, 0.05) is 57.3 Å². The molecule has 1 N–H and O–H groups in total. The fourth-order valence-electron chi connectivity index (χ4n) is 2.12. The summed E-state index contributed by atoms with van der Waals surface area (Å²) in [6.07, 6.45) is 5.57. The van der Waals surface area contributed by atoms with Crippen LogP contribution in [0.25, 0.3) is 0 Å². The van der Waals surface area contributed by atoms with Gasteiger partial charge in [0.1, 0.15) is 0 Å². The summed E-state index contributed by atoms with van der Waals surface area (Å²) in [5.41, 5.74) is 1.15. The van der Waals surface area contributed by atoms with Gasteiger partial charge in [-0.05, 0) is 11.6 Å². The van der Waals surface area contributed by atoms with Crippen LogP contribution < -0.4 is 0 Å². The van der Waals surface area contributed by atoms with Gasteiger partial charge in [0.15, 0.2) is 0 Å². The number of carboxylic acids is 1. The number of rotatable bonds is 4. The molecule has 0 atom stereocenters.